The van der Waals surface area contributed by atoms with E-state index in [4.69, 9.17) is 15.2 Å². The molecule has 3 nitrogen and oxygen atoms in total. The first-order valence-electron chi connectivity index (χ1n) is 6.78. The van der Waals surface area contributed by atoms with Crippen molar-refractivity contribution in [2.24, 2.45) is 5.73 Å². The third-order valence-electron chi connectivity index (χ3n) is 2.95. The quantitative estimate of drug-likeness (QED) is 0.922. The Morgan fingerprint density at radius 1 is 0.700 bits per heavy atom. The molecule has 3 heteroatoms. The molecule has 0 atom stereocenters. The Bertz CT molecular complexity index is 444. The highest BCUT2D eigenvalue weighted by molar-refractivity contribution is 5.37. The number of benzene rings is 2. The molecule has 0 aromatic heterocycles. The van der Waals surface area contributed by atoms with Gasteiger partial charge in [-0.25, -0.2) is 0 Å². The molecule has 0 saturated carbocycles. The van der Waals surface area contributed by atoms with E-state index in [-0.39, 0.29) is 6.04 Å². The highest BCUT2D eigenvalue weighted by Crippen LogP contribution is 2.23. The predicted octanol–water partition coefficient (Wildman–Crippen LogP) is 3.78. The number of hydrogen-bond donors (Lipinski definition) is 1. The molecule has 0 aliphatic heterocycles. The van der Waals surface area contributed by atoms with Crippen molar-refractivity contribution < 1.29 is 9.47 Å². The van der Waals surface area contributed by atoms with Gasteiger partial charge in [0.15, 0.2) is 0 Å². The molecule has 2 rings (SSSR count). The maximum absolute atomic E-state index is 6.22. The Hall–Kier alpha value is -2.00. The van der Waals surface area contributed by atoms with Gasteiger partial charge in [-0.15, -0.1) is 0 Å². The topological polar surface area (TPSA) is 44.5 Å². The van der Waals surface area contributed by atoms with Gasteiger partial charge < -0.3 is 15.2 Å². The van der Waals surface area contributed by atoms with Crippen molar-refractivity contribution in [3.05, 3.63) is 59.7 Å². The first kappa shape index (κ1) is 16.1. The van der Waals surface area contributed by atoms with E-state index in [1.54, 1.807) is 14.2 Å². The summed E-state index contributed by atoms with van der Waals surface area (Å²) in [6.45, 7) is 4.00. The van der Waals surface area contributed by atoms with Gasteiger partial charge in [0.05, 0.1) is 20.3 Å². The lowest BCUT2D eigenvalue weighted by molar-refractivity contribution is 0.414. The summed E-state index contributed by atoms with van der Waals surface area (Å²) in [4.78, 5) is 0. The Morgan fingerprint density at radius 3 is 1.25 bits per heavy atom. The molecule has 0 fully saturated rings. The second-order valence-electron chi connectivity index (χ2n) is 4.02. The molecule has 2 N–H and O–H groups in total. The second-order valence-corrected chi connectivity index (χ2v) is 4.02. The average molecular weight is 273 g/mol. The van der Waals surface area contributed by atoms with Crippen LogP contribution in [0.15, 0.2) is 48.5 Å². The molecule has 0 amide bonds. The molecule has 0 heterocycles. The lowest BCUT2D eigenvalue weighted by Gasteiger charge is -2.13. The van der Waals surface area contributed by atoms with Crippen LogP contribution in [0.3, 0.4) is 0 Å². The smallest absolute Gasteiger partial charge is 0.118 e. The fraction of sp³-hybridized carbons (Fsp3) is 0.294. The van der Waals surface area contributed by atoms with Crippen molar-refractivity contribution in [1.82, 2.24) is 0 Å². The highest BCUT2D eigenvalue weighted by atomic mass is 16.5. The largest absolute Gasteiger partial charge is 0.497 e. The standard InChI is InChI=1S/C15H17NO2.C2H6/c1-17-13-7-3-11(4-8-13)15(16)12-5-9-14(18-2)10-6-12;1-2/h3-10,15H,16H2,1-2H3;1-2H3. The van der Waals surface area contributed by atoms with Crippen molar-refractivity contribution in [2.45, 2.75) is 19.9 Å². The van der Waals surface area contributed by atoms with E-state index in [1.165, 1.54) is 0 Å². The molecule has 0 bridgehead atoms. The number of ether oxygens (including phenoxy) is 2. The lowest BCUT2D eigenvalue weighted by Crippen LogP contribution is -2.11. The van der Waals surface area contributed by atoms with Crippen LogP contribution in [0.2, 0.25) is 0 Å². The number of methoxy groups -OCH3 is 2. The summed E-state index contributed by atoms with van der Waals surface area (Å²) in [7, 11) is 3.30. The summed E-state index contributed by atoms with van der Waals surface area (Å²) in [5, 5.41) is 0. The summed E-state index contributed by atoms with van der Waals surface area (Å²) in [6.07, 6.45) is 0. The summed E-state index contributed by atoms with van der Waals surface area (Å²) < 4.78 is 10.3. The molecule has 0 saturated heterocycles. The van der Waals surface area contributed by atoms with Gasteiger partial charge in [0.2, 0.25) is 0 Å². The number of rotatable bonds is 4. The minimum absolute atomic E-state index is 0.137. The van der Waals surface area contributed by atoms with Crippen molar-refractivity contribution in [3.8, 4) is 11.5 Å². The first-order valence-corrected chi connectivity index (χ1v) is 6.78. The first-order chi connectivity index (χ1) is 9.74. The zero-order valence-corrected chi connectivity index (χ0v) is 12.6. The lowest BCUT2D eigenvalue weighted by atomic mass is 9.99. The van der Waals surface area contributed by atoms with E-state index in [0.717, 1.165) is 22.6 Å². The maximum atomic E-state index is 6.22. The molecule has 0 spiro atoms. The predicted molar refractivity (Wildman–Crippen MR) is 83.4 cm³/mol. The van der Waals surface area contributed by atoms with Crippen LogP contribution < -0.4 is 15.2 Å². The summed E-state index contributed by atoms with van der Waals surface area (Å²) >= 11 is 0. The van der Waals surface area contributed by atoms with Crippen LogP contribution in [0.4, 0.5) is 0 Å². The molecule has 0 radical (unpaired) electrons. The Kier molecular flexibility index (Phi) is 6.60. The minimum Gasteiger partial charge on any atom is -0.497 e. The maximum Gasteiger partial charge on any atom is 0.118 e. The van der Waals surface area contributed by atoms with Gasteiger partial charge in [-0.3, -0.25) is 0 Å². The Morgan fingerprint density at radius 2 is 1.00 bits per heavy atom. The van der Waals surface area contributed by atoms with Crippen LogP contribution in [0.5, 0.6) is 11.5 Å². The van der Waals surface area contributed by atoms with Gasteiger partial charge in [-0.2, -0.15) is 0 Å². The van der Waals surface area contributed by atoms with Gasteiger partial charge in [0.1, 0.15) is 11.5 Å². The van der Waals surface area contributed by atoms with Gasteiger partial charge in [-0.05, 0) is 35.4 Å². The van der Waals surface area contributed by atoms with Crippen LogP contribution in [0, 0.1) is 0 Å². The average Bonchev–Trinajstić information content (AvgIpc) is 2.56. The molecular formula is C17H23NO2. The summed E-state index contributed by atoms with van der Waals surface area (Å²) in [5.41, 5.74) is 8.33. The molecule has 2 aromatic carbocycles. The summed E-state index contributed by atoms with van der Waals surface area (Å²) in [6, 6.07) is 15.4. The SMILES string of the molecule is CC.COc1ccc(C(N)c2ccc(OC)cc2)cc1. The van der Waals surface area contributed by atoms with Crippen LogP contribution >= 0.6 is 0 Å². The van der Waals surface area contributed by atoms with Crippen molar-refractivity contribution in [3.63, 3.8) is 0 Å². The van der Waals surface area contributed by atoms with Crippen molar-refractivity contribution in [1.29, 1.82) is 0 Å². The third-order valence-corrected chi connectivity index (χ3v) is 2.95. The van der Waals surface area contributed by atoms with E-state index in [0.29, 0.717) is 0 Å². The summed E-state index contributed by atoms with van der Waals surface area (Å²) in [5.74, 6) is 1.67. The molecule has 2 aromatic rings. The van der Waals surface area contributed by atoms with Crippen LogP contribution in [-0.2, 0) is 0 Å². The van der Waals surface area contributed by atoms with Gasteiger partial charge >= 0.3 is 0 Å². The Labute approximate surface area is 121 Å². The number of nitrogens with two attached hydrogens (primary N) is 1. The van der Waals surface area contributed by atoms with Gasteiger partial charge in [-0.1, -0.05) is 38.1 Å². The van der Waals surface area contributed by atoms with Gasteiger partial charge in [0.25, 0.3) is 0 Å². The molecule has 0 aliphatic rings. The third kappa shape index (κ3) is 4.00. The van der Waals surface area contributed by atoms with E-state index in [1.807, 2.05) is 62.4 Å². The van der Waals surface area contributed by atoms with Crippen LogP contribution in [0.1, 0.15) is 31.0 Å². The van der Waals surface area contributed by atoms with E-state index >= 15 is 0 Å². The molecule has 0 aliphatic carbocycles. The fourth-order valence-electron chi connectivity index (χ4n) is 1.81. The zero-order valence-electron chi connectivity index (χ0n) is 12.6. The number of hydrogen-bond acceptors (Lipinski definition) is 3. The fourth-order valence-corrected chi connectivity index (χ4v) is 1.81. The molecular weight excluding hydrogens is 250 g/mol. The van der Waals surface area contributed by atoms with Crippen LogP contribution in [-0.4, -0.2) is 14.2 Å². The van der Waals surface area contributed by atoms with E-state index in [2.05, 4.69) is 0 Å². The monoisotopic (exact) mass is 273 g/mol. The van der Waals surface area contributed by atoms with Crippen LogP contribution in [0.25, 0.3) is 0 Å². The Balaban J connectivity index is 0.000000956. The highest BCUT2D eigenvalue weighted by Gasteiger charge is 2.08. The molecule has 0 unspecified atom stereocenters. The normalized spacial score (nSPS) is 9.70. The van der Waals surface area contributed by atoms with Crippen molar-refractivity contribution in [2.75, 3.05) is 14.2 Å². The zero-order chi connectivity index (χ0) is 15.0. The second kappa shape index (κ2) is 8.23. The van der Waals surface area contributed by atoms with E-state index in [9.17, 15) is 0 Å². The van der Waals surface area contributed by atoms with Crippen molar-refractivity contribution >= 4 is 0 Å². The van der Waals surface area contributed by atoms with Gasteiger partial charge in [0, 0.05) is 0 Å². The van der Waals surface area contributed by atoms with E-state index < -0.39 is 0 Å². The molecule has 20 heavy (non-hydrogen) atoms. The minimum atomic E-state index is -0.137. The molecule has 108 valence electrons.